The first-order chi connectivity index (χ1) is 14.4. The zero-order chi connectivity index (χ0) is 21.5. The van der Waals surface area contributed by atoms with E-state index in [0.29, 0.717) is 15.6 Å². The SMILES string of the molecule is COc1ccc(-c2nc(CN3C(=O)c4cc(OC)c(OC)cc4S3(=O)=O)no2)cc1. The van der Waals surface area contributed by atoms with Crippen LogP contribution in [0, 0.1) is 0 Å². The van der Waals surface area contributed by atoms with Crippen LogP contribution in [0.15, 0.2) is 45.8 Å². The highest BCUT2D eigenvalue weighted by molar-refractivity contribution is 7.90. The summed E-state index contributed by atoms with van der Waals surface area (Å²) in [6.45, 7) is -0.375. The van der Waals surface area contributed by atoms with Crippen LogP contribution in [0.1, 0.15) is 16.2 Å². The third kappa shape index (κ3) is 3.12. The van der Waals surface area contributed by atoms with Crippen molar-refractivity contribution in [3.63, 3.8) is 0 Å². The molecule has 2 aromatic carbocycles. The lowest BCUT2D eigenvalue weighted by molar-refractivity contribution is 0.0861. The van der Waals surface area contributed by atoms with Gasteiger partial charge in [-0.05, 0) is 30.3 Å². The highest BCUT2D eigenvalue weighted by Gasteiger charge is 2.43. The van der Waals surface area contributed by atoms with Gasteiger partial charge in [-0.1, -0.05) is 5.16 Å². The van der Waals surface area contributed by atoms with E-state index in [2.05, 4.69) is 10.1 Å². The van der Waals surface area contributed by atoms with Crippen LogP contribution in [0.4, 0.5) is 0 Å². The summed E-state index contributed by atoms with van der Waals surface area (Å²) in [6.07, 6.45) is 0. The maximum Gasteiger partial charge on any atom is 0.269 e. The smallest absolute Gasteiger partial charge is 0.269 e. The predicted octanol–water partition coefficient (Wildman–Crippen LogP) is 2.11. The number of rotatable bonds is 6. The summed E-state index contributed by atoms with van der Waals surface area (Å²) in [5, 5.41) is 3.80. The lowest BCUT2D eigenvalue weighted by atomic mass is 10.2. The van der Waals surface area contributed by atoms with E-state index in [9.17, 15) is 13.2 Å². The van der Waals surface area contributed by atoms with E-state index in [1.807, 2.05) is 0 Å². The predicted molar refractivity (Wildman–Crippen MR) is 103 cm³/mol. The highest BCUT2D eigenvalue weighted by Crippen LogP contribution is 2.39. The van der Waals surface area contributed by atoms with E-state index < -0.39 is 15.9 Å². The van der Waals surface area contributed by atoms with Gasteiger partial charge in [0, 0.05) is 11.6 Å². The second kappa shape index (κ2) is 7.34. The van der Waals surface area contributed by atoms with Crippen molar-refractivity contribution in [2.75, 3.05) is 21.3 Å². The first-order valence-electron chi connectivity index (χ1n) is 8.69. The molecule has 156 valence electrons. The minimum atomic E-state index is -4.11. The van der Waals surface area contributed by atoms with Gasteiger partial charge < -0.3 is 18.7 Å². The highest BCUT2D eigenvalue weighted by atomic mass is 32.2. The van der Waals surface area contributed by atoms with E-state index in [4.69, 9.17) is 18.7 Å². The number of nitrogens with zero attached hydrogens (tertiary/aromatic N) is 3. The van der Waals surface area contributed by atoms with Crippen molar-refractivity contribution in [3.8, 4) is 28.7 Å². The number of sulfonamides is 1. The van der Waals surface area contributed by atoms with Gasteiger partial charge in [-0.3, -0.25) is 4.79 Å². The molecule has 1 aromatic heterocycles. The molecule has 0 fully saturated rings. The van der Waals surface area contributed by atoms with Gasteiger partial charge in [0.1, 0.15) is 17.2 Å². The van der Waals surface area contributed by atoms with Crippen LogP contribution in [0.5, 0.6) is 17.2 Å². The number of benzene rings is 2. The van der Waals surface area contributed by atoms with Crippen LogP contribution in [0.25, 0.3) is 11.5 Å². The van der Waals surface area contributed by atoms with Crippen molar-refractivity contribution >= 4 is 15.9 Å². The zero-order valence-electron chi connectivity index (χ0n) is 16.3. The molecule has 1 aliphatic rings. The second-order valence-corrected chi connectivity index (χ2v) is 8.10. The van der Waals surface area contributed by atoms with Crippen LogP contribution in [0.3, 0.4) is 0 Å². The summed E-state index contributed by atoms with van der Waals surface area (Å²) in [7, 11) is 0.226. The molecule has 0 spiro atoms. The van der Waals surface area contributed by atoms with Gasteiger partial charge >= 0.3 is 0 Å². The van der Waals surface area contributed by atoms with Gasteiger partial charge in [-0.15, -0.1) is 0 Å². The number of carbonyl (C=O) groups excluding carboxylic acids is 1. The van der Waals surface area contributed by atoms with E-state index in [1.165, 1.54) is 26.4 Å². The molecule has 1 aliphatic heterocycles. The van der Waals surface area contributed by atoms with Gasteiger partial charge in [0.25, 0.3) is 21.8 Å². The molecule has 0 bridgehead atoms. The molecule has 0 unspecified atom stereocenters. The fourth-order valence-corrected chi connectivity index (χ4v) is 4.58. The molecule has 1 amide bonds. The van der Waals surface area contributed by atoms with E-state index in [1.54, 1.807) is 31.4 Å². The van der Waals surface area contributed by atoms with Crippen LogP contribution in [0.2, 0.25) is 0 Å². The molecular formula is C19H17N3O7S. The normalized spacial score (nSPS) is 14.5. The summed E-state index contributed by atoms with van der Waals surface area (Å²) >= 11 is 0. The molecule has 0 aliphatic carbocycles. The molecule has 10 nitrogen and oxygen atoms in total. The summed E-state index contributed by atoms with van der Waals surface area (Å²) in [5.74, 6) is 0.651. The zero-order valence-corrected chi connectivity index (χ0v) is 17.1. The van der Waals surface area contributed by atoms with Gasteiger partial charge in [-0.25, -0.2) is 12.7 Å². The van der Waals surface area contributed by atoms with Gasteiger partial charge in [-0.2, -0.15) is 4.98 Å². The first kappa shape index (κ1) is 19.7. The Hall–Kier alpha value is -3.60. The van der Waals surface area contributed by atoms with Crippen molar-refractivity contribution in [1.82, 2.24) is 14.4 Å². The number of ether oxygens (including phenoxy) is 3. The van der Waals surface area contributed by atoms with Gasteiger partial charge in [0.2, 0.25) is 0 Å². The van der Waals surface area contributed by atoms with Crippen LogP contribution < -0.4 is 14.2 Å². The maximum absolute atomic E-state index is 12.9. The lowest BCUT2D eigenvalue weighted by Crippen LogP contribution is -2.29. The monoisotopic (exact) mass is 431 g/mol. The number of amides is 1. The minimum absolute atomic E-state index is 0.00785. The number of carbonyl (C=O) groups is 1. The van der Waals surface area contributed by atoms with Crippen molar-refractivity contribution in [1.29, 1.82) is 0 Å². The molecule has 0 atom stereocenters. The largest absolute Gasteiger partial charge is 0.497 e. The second-order valence-electron chi connectivity index (χ2n) is 6.26. The molecule has 0 saturated carbocycles. The topological polar surface area (TPSA) is 121 Å². The summed E-state index contributed by atoms with van der Waals surface area (Å²) in [5.41, 5.74) is 0.620. The van der Waals surface area contributed by atoms with Gasteiger partial charge in [0.15, 0.2) is 17.3 Å². The number of aromatic nitrogens is 2. The van der Waals surface area contributed by atoms with Crippen molar-refractivity contribution in [2.45, 2.75) is 11.4 Å². The molecule has 0 N–H and O–H groups in total. The van der Waals surface area contributed by atoms with Crippen molar-refractivity contribution < 1.29 is 31.9 Å². The first-order valence-corrected chi connectivity index (χ1v) is 10.1. The third-order valence-corrected chi connectivity index (χ3v) is 6.37. The number of fused-ring (bicyclic) bond motifs is 1. The molecule has 0 saturated heterocycles. The van der Waals surface area contributed by atoms with Crippen LogP contribution in [-0.2, 0) is 16.6 Å². The Morgan fingerprint density at radius 1 is 1.00 bits per heavy atom. The molecular weight excluding hydrogens is 414 g/mol. The van der Waals surface area contributed by atoms with Crippen molar-refractivity contribution in [2.24, 2.45) is 0 Å². The van der Waals surface area contributed by atoms with Crippen molar-refractivity contribution in [3.05, 3.63) is 47.8 Å². The summed E-state index contributed by atoms with van der Waals surface area (Å²) in [4.78, 5) is 16.8. The molecule has 4 rings (SSSR count). The lowest BCUT2D eigenvalue weighted by Gasteiger charge is -2.12. The minimum Gasteiger partial charge on any atom is -0.497 e. The third-order valence-electron chi connectivity index (χ3n) is 4.60. The van der Waals surface area contributed by atoms with Crippen LogP contribution in [-0.4, -0.2) is 50.1 Å². The fourth-order valence-electron chi connectivity index (χ4n) is 3.06. The van der Waals surface area contributed by atoms with E-state index in [-0.39, 0.29) is 40.2 Å². The Morgan fingerprint density at radius 3 is 2.30 bits per heavy atom. The Bertz CT molecular complexity index is 1220. The van der Waals surface area contributed by atoms with Gasteiger partial charge in [0.05, 0.1) is 26.9 Å². The Balaban J connectivity index is 1.64. The number of hydrogen-bond acceptors (Lipinski definition) is 9. The fraction of sp³-hybridized carbons (Fsp3) is 0.211. The summed E-state index contributed by atoms with van der Waals surface area (Å²) < 4.78 is 47.2. The average Bonchev–Trinajstić information content (AvgIpc) is 3.30. The Morgan fingerprint density at radius 2 is 1.67 bits per heavy atom. The molecule has 11 heteroatoms. The standard InChI is InChI=1S/C19H17N3O7S/c1-26-12-6-4-11(5-7-12)18-20-17(21-29-18)10-22-19(23)13-8-14(27-2)15(28-3)9-16(13)30(22,24)25/h4-9H,10H2,1-3H3. The van der Waals surface area contributed by atoms with E-state index >= 15 is 0 Å². The molecule has 2 heterocycles. The quantitative estimate of drug-likeness (QED) is 0.577. The maximum atomic E-state index is 12.9. The molecule has 30 heavy (non-hydrogen) atoms. The number of hydrogen-bond donors (Lipinski definition) is 0. The molecule has 0 radical (unpaired) electrons. The summed E-state index contributed by atoms with van der Waals surface area (Å²) in [6, 6.07) is 9.51. The molecule has 3 aromatic rings. The van der Waals surface area contributed by atoms with E-state index in [0.717, 1.165) is 0 Å². The Kier molecular flexibility index (Phi) is 4.82. The number of methoxy groups -OCH3 is 3. The Labute approximate surface area is 172 Å². The average molecular weight is 431 g/mol. The van der Waals surface area contributed by atoms with Crippen LogP contribution >= 0.6 is 0 Å².